The van der Waals surface area contributed by atoms with Gasteiger partial charge in [-0.3, -0.25) is 0 Å². The van der Waals surface area contributed by atoms with Crippen molar-refractivity contribution in [1.29, 1.82) is 0 Å². The zero-order valence-electron chi connectivity index (χ0n) is 9.51. The van der Waals surface area contributed by atoms with Crippen molar-refractivity contribution < 1.29 is 0 Å². The summed E-state index contributed by atoms with van der Waals surface area (Å²) in [5, 5.41) is 3.43. The molecular formula is C13H21N. The minimum atomic E-state index is 0.587. The van der Waals surface area contributed by atoms with Crippen molar-refractivity contribution >= 4 is 0 Å². The van der Waals surface area contributed by atoms with E-state index in [2.05, 4.69) is 50.4 Å². The lowest BCUT2D eigenvalue weighted by Gasteiger charge is -2.08. The van der Waals surface area contributed by atoms with E-state index in [1.165, 1.54) is 11.1 Å². The van der Waals surface area contributed by atoms with Gasteiger partial charge in [-0.15, -0.1) is 0 Å². The molecule has 0 saturated carbocycles. The summed E-state index contributed by atoms with van der Waals surface area (Å²) in [6, 6.07) is 9.45. The molecule has 0 heterocycles. The third-order valence-electron chi connectivity index (χ3n) is 2.37. The van der Waals surface area contributed by atoms with Gasteiger partial charge in [0.1, 0.15) is 0 Å². The zero-order valence-corrected chi connectivity index (χ0v) is 9.51. The van der Waals surface area contributed by atoms with Gasteiger partial charge < -0.3 is 5.32 Å². The highest BCUT2D eigenvalue weighted by Gasteiger charge is 1.96. The van der Waals surface area contributed by atoms with E-state index in [9.17, 15) is 0 Å². The fourth-order valence-electron chi connectivity index (χ4n) is 1.51. The topological polar surface area (TPSA) is 12.0 Å². The molecular weight excluding hydrogens is 170 g/mol. The summed E-state index contributed by atoms with van der Waals surface area (Å²) in [4.78, 5) is 0. The molecule has 0 saturated heterocycles. The van der Waals surface area contributed by atoms with Crippen molar-refractivity contribution in [2.75, 3.05) is 6.54 Å². The minimum absolute atomic E-state index is 0.587. The van der Waals surface area contributed by atoms with E-state index in [0.717, 1.165) is 19.4 Å². The lowest BCUT2D eigenvalue weighted by atomic mass is 10.1. The van der Waals surface area contributed by atoms with Gasteiger partial charge in [0.15, 0.2) is 0 Å². The van der Waals surface area contributed by atoms with Crippen LogP contribution in [0.1, 0.15) is 31.9 Å². The van der Waals surface area contributed by atoms with Gasteiger partial charge in [-0.25, -0.2) is 0 Å². The first-order valence-corrected chi connectivity index (χ1v) is 5.53. The van der Waals surface area contributed by atoms with Crippen LogP contribution >= 0.6 is 0 Å². The maximum Gasteiger partial charge on any atom is 0.00105 e. The molecule has 1 aromatic carbocycles. The normalized spacial score (nSPS) is 10.9. The Balaban J connectivity index is 2.42. The van der Waals surface area contributed by atoms with E-state index in [-0.39, 0.29) is 0 Å². The molecule has 0 aliphatic carbocycles. The maximum atomic E-state index is 3.43. The SMILES string of the molecule is CCc1cccc(CCNC(C)C)c1. The van der Waals surface area contributed by atoms with Crippen LogP contribution < -0.4 is 5.32 Å². The van der Waals surface area contributed by atoms with E-state index >= 15 is 0 Å². The highest BCUT2D eigenvalue weighted by atomic mass is 14.9. The summed E-state index contributed by atoms with van der Waals surface area (Å²) in [5.74, 6) is 0. The van der Waals surface area contributed by atoms with Crippen molar-refractivity contribution in [1.82, 2.24) is 5.32 Å². The van der Waals surface area contributed by atoms with Crippen LogP contribution in [0.25, 0.3) is 0 Å². The van der Waals surface area contributed by atoms with Crippen LogP contribution in [0.5, 0.6) is 0 Å². The highest BCUT2D eigenvalue weighted by Crippen LogP contribution is 2.06. The first-order chi connectivity index (χ1) is 6.72. The van der Waals surface area contributed by atoms with Crippen molar-refractivity contribution in [2.45, 2.75) is 39.7 Å². The van der Waals surface area contributed by atoms with Crippen LogP contribution in [-0.2, 0) is 12.8 Å². The summed E-state index contributed by atoms with van der Waals surface area (Å²) in [5.41, 5.74) is 2.88. The number of hydrogen-bond donors (Lipinski definition) is 1. The monoisotopic (exact) mass is 191 g/mol. The molecule has 0 spiro atoms. The van der Waals surface area contributed by atoms with Gasteiger partial charge in [-0.2, -0.15) is 0 Å². The first kappa shape index (κ1) is 11.3. The summed E-state index contributed by atoms with van der Waals surface area (Å²) < 4.78 is 0. The Kier molecular flexibility index (Phi) is 4.68. The molecule has 0 amide bonds. The second-order valence-corrected chi connectivity index (χ2v) is 4.03. The molecule has 78 valence electrons. The van der Waals surface area contributed by atoms with Gasteiger partial charge >= 0.3 is 0 Å². The van der Waals surface area contributed by atoms with Crippen molar-refractivity contribution in [3.8, 4) is 0 Å². The Hall–Kier alpha value is -0.820. The van der Waals surface area contributed by atoms with Crippen molar-refractivity contribution in [3.63, 3.8) is 0 Å². The Morgan fingerprint density at radius 1 is 1.21 bits per heavy atom. The van der Waals surface area contributed by atoms with E-state index in [1.54, 1.807) is 0 Å². The number of rotatable bonds is 5. The molecule has 1 heteroatoms. The van der Waals surface area contributed by atoms with E-state index < -0.39 is 0 Å². The first-order valence-electron chi connectivity index (χ1n) is 5.53. The van der Waals surface area contributed by atoms with E-state index in [4.69, 9.17) is 0 Å². The third kappa shape index (κ3) is 3.93. The Morgan fingerprint density at radius 3 is 2.57 bits per heavy atom. The van der Waals surface area contributed by atoms with Crippen LogP contribution in [0.2, 0.25) is 0 Å². The van der Waals surface area contributed by atoms with Gasteiger partial charge in [0.2, 0.25) is 0 Å². The Bertz CT molecular complexity index is 266. The number of nitrogens with one attached hydrogen (secondary N) is 1. The fraction of sp³-hybridized carbons (Fsp3) is 0.538. The van der Waals surface area contributed by atoms with Gasteiger partial charge in [0.05, 0.1) is 0 Å². The second kappa shape index (κ2) is 5.82. The molecule has 0 atom stereocenters. The smallest absolute Gasteiger partial charge is 0.00105 e. The van der Waals surface area contributed by atoms with Crippen LogP contribution in [0.4, 0.5) is 0 Å². The lowest BCUT2D eigenvalue weighted by Crippen LogP contribution is -2.24. The van der Waals surface area contributed by atoms with Crippen LogP contribution in [-0.4, -0.2) is 12.6 Å². The Labute approximate surface area is 87.5 Å². The summed E-state index contributed by atoms with van der Waals surface area (Å²) in [7, 11) is 0. The quantitative estimate of drug-likeness (QED) is 0.754. The molecule has 0 aliphatic rings. The van der Waals surface area contributed by atoms with E-state index in [0.29, 0.717) is 6.04 Å². The largest absolute Gasteiger partial charge is 0.314 e. The average Bonchev–Trinajstić information content (AvgIpc) is 2.18. The molecule has 1 aromatic rings. The predicted molar refractivity (Wildman–Crippen MR) is 62.7 cm³/mol. The van der Waals surface area contributed by atoms with Crippen LogP contribution in [0.15, 0.2) is 24.3 Å². The summed E-state index contributed by atoms with van der Waals surface area (Å²) in [6.45, 7) is 7.64. The summed E-state index contributed by atoms with van der Waals surface area (Å²) in [6.07, 6.45) is 2.26. The van der Waals surface area contributed by atoms with E-state index in [1.807, 2.05) is 0 Å². The van der Waals surface area contributed by atoms with Gasteiger partial charge in [0.25, 0.3) is 0 Å². The molecule has 1 N–H and O–H groups in total. The molecule has 0 fully saturated rings. The zero-order chi connectivity index (χ0) is 10.4. The molecule has 1 rings (SSSR count). The molecule has 0 bridgehead atoms. The van der Waals surface area contributed by atoms with Gasteiger partial charge in [-0.1, -0.05) is 45.0 Å². The molecule has 0 aromatic heterocycles. The van der Waals surface area contributed by atoms with Gasteiger partial charge in [0, 0.05) is 6.04 Å². The standard InChI is InChI=1S/C13H21N/c1-4-12-6-5-7-13(10-12)8-9-14-11(2)3/h5-7,10-11,14H,4,8-9H2,1-3H3. The summed E-state index contributed by atoms with van der Waals surface area (Å²) >= 11 is 0. The number of aryl methyl sites for hydroxylation is 1. The second-order valence-electron chi connectivity index (χ2n) is 4.03. The predicted octanol–water partition coefficient (Wildman–Crippen LogP) is 2.79. The fourth-order valence-corrected chi connectivity index (χ4v) is 1.51. The molecule has 0 radical (unpaired) electrons. The average molecular weight is 191 g/mol. The highest BCUT2D eigenvalue weighted by molar-refractivity contribution is 5.23. The number of hydrogen-bond acceptors (Lipinski definition) is 1. The molecule has 0 aliphatic heterocycles. The minimum Gasteiger partial charge on any atom is -0.314 e. The van der Waals surface area contributed by atoms with Crippen LogP contribution in [0, 0.1) is 0 Å². The lowest BCUT2D eigenvalue weighted by molar-refractivity contribution is 0.590. The molecule has 0 unspecified atom stereocenters. The van der Waals surface area contributed by atoms with Crippen molar-refractivity contribution in [2.24, 2.45) is 0 Å². The van der Waals surface area contributed by atoms with Crippen molar-refractivity contribution in [3.05, 3.63) is 35.4 Å². The Morgan fingerprint density at radius 2 is 1.93 bits per heavy atom. The third-order valence-corrected chi connectivity index (χ3v) is 2.37. The van der Waals surface area contributed by atoms with Gasteiger partial charge in [-0.05, 0) is 30.5 Å². The molecule has 14 heavy (non-hydrogen) atoms. The number of benzene rings is 1. The molecule has 1 nitrogen and oxygen atoms in total. The maximum absolute atomic E-state index is 3.43. The van der Waals surface area contributed by atoms with Crippen LogP contribution in [0.3, 0.4) is 0 Å².